The van der Waals surface area contributed by atoms with Crippen molar-refractivity contribution in [1.29, 1.82) is 0 Å². The van der Waals surface area contributed by atoms with Crippen LogP contribution in [-0.4, -0.2) is 50.5 Å². The van der Waals surface area contributed by atoms with Crippen LogP contribution >= 0.6 is 11.3 Å². The summed E-state index contributed by atoms with van der Waals surface area (Å²) in [5.74, 6) is -0.230. The molecule has 1 aromatic heterocycles. The van der Waals surface area contributed by atoms with Crippen molar-refractivity contribution in [2.24, 2.45) is 5.14 Å². The van der Waals surface area contributed by atoms with Crippen LogP contribution in [0.15, 0.2) is 58.8 Å². The number of nitrogens with two attached hydrogens (primary N) is 1. The van der Waals surface area contributed by atoms with Crippen LogP contribution in [0, 0.1) is 0 Å². The Bertz CT molecular complexity index is 1170. The van der Waals surface area contributed by atoms with E-state index < -0.39 is 10.0 Å². The van der Waals surface area contributed by atoms with Crippen molar-refractivity contribution >= 4 is 33.0 Å². The van der Waals surface area contributed by atoms with Gasteiger partial charge in [0.25, 0.3) is 0 Å². The minimum atomic E-state index is -3.76. The number of amides is 1. The second-order valence-corrected chi connectivity index (χ2v) is 9.94. The van der Waals surface area contributed by atoms with E-state index in [0.717, 1.165) is 43.4 Å². The van der Waals surface area contributed by atoms with Gasteiger partial charge in [-0.15, -0.1) is 11.3 Å². The van der Waals surface area contributed by atoms with E-state index >= 15 is 0 Å². The number of benzene rings is 2. The molecule has 0 saturated carbocycles. The molecule has 3 aromatic rings. The number of sulfonamides is 1. The molecule has 0 radical (unpaired) electrons. The van der Waals surface area contributed by atoms with E-state index in [1.54, 1.807) is 0 Å². The second-order valence-electron chi connectivity index (χ2n) is 7.52. The Hall–Kier alpha value is -2.63. The molecule has 1 fully saturated rings. The highest BCUT2D eigenvalue weighted by Gasteiger charge is 2.13. The lowest BCUT2D eigenvalue weighted by Gasteiger charge is -2.26. The molecule has 32 heavy (non-hydrogen) atoms. The first kappa shape index (κ1) is 22.6. The Kier molecular flexibility index (Phi) is 6.97. The van der Waals surface area contributed by atoms with E-state index in [-0.39, 0.29) is 17.2 Å². The number of carbonyl (C=O) groups is 1. The van der Waals surface area contributed by atoms with Crippen LogP contribution in [0.1, 0.15) is 11.3 Å². The van der Waals surface area contributed by atoms with Gasteiger partial charge in [-0.1, -0.05) is 24.3 Å². The maximum Gasteiger partial charge on any atom is 0.238 e. The third-order valence-corrected chi connectivity index (χ3v) is 6.94. The summed E-state index contributed by atoms with van der Waals surface area (Å²) >= 11 is 1.50. The van der Waals surface area contributed by atoms with Crippen molar-refractivity contribution < 1.29 is 17.9 Å². The topological polar surface area (TPSA) is 115 Å². The lowest BCUT2D eigenvalue weighted by molar-refractivity contribution is -0.115. The second kappa shape index (κ2) is 9.88. The molecular formula is C22H24N4O4S2. The fourth-order valence-electron chi connectivity index (χ4n) is 3.39. The van der Waals surface area contributed by atoms with Crippen LogP contribution in [0.5, 0.6) is 0 Å². The molecule has 0 aliphatic carbocycles. The molecule has 1 aliphatic heterocycles. The Labute approximate surface area is 191 Å². The average Bonchev–Trinajstić information content (AvgIpc) is 3.23. The standard InChI is InChI=1S/C22H24N4O4S2/c23-32(28,29)20-7-5-18(6-8-20)24-21(27)13-19-15-31-22(25-19)17-3-1-16(2-4-17)14-26-9-11-30-12-10-26/h1-8,15H,9-14H2,(H,24,27)(H2,23,28,29). The van der Waals surface area contributed by atoms with Crippen molar-refractivity contribution in [3.63, 3.8) is 0 Å². The molecule has 2 aromatic carbocycles. The van der Waals surface area contributed by atoms with Gasteiger partial charge in [-0.25, -0.2) is 18.5 Å². The molecule has 1 saturated heterocycles. The highest BCUT2D eigenvalue weighted by molar-refractivity contribution is 7.89. The Balaban J connectivity index is 1.33. The number of hydrogen-bond acceptors (Lipinski definition) is 7. The molecule has 10 heteroatoms. The monoisotopic (exact) mass is 472 g/mol. The van der Waals surface area contributed by atoms with E-state index in [0.29, 0.717) is 11.4 Å². The first-order chi connectivity index (χ1) is 15.4. The molecule has 0 spiro atoms. The zero-order valence-corrected chi connectivity index (χ0v) is 19.0. The molecule has 3 N–H and O–H groups in total. The number of rotatable bonds is 7. The van der Waals surface area contributed by atoms with Crippen LogP contribution in [0.3, 0.4) is 0 Å². The van der Waals surface area contributed by atoms with Crippen LogP contribution in [0.25, 0.3) is 10.6 Å². The van der Waals surface area contributed by atoms with Crippen LogP contribution in [-0.2, 0) is 32.5 Å². The van der Waals surface area contributed by atoms with Gasteiger partial charge in [0.05, 0.1) is 30.2 Å². The minimum Gasteiger partial charge on any atom is -0.379 e. The Morgan fingerprint density at radius 2 is 1.78 bits per heavy atom. The third-order valence-electron chi connectivity index (χ3n) is 5.07. The van der Waals surface area contributed by atoms with Crippen LogP contribution in [0.2, 0.25) is 0 Å². The van der Waals surface area contributed by atoms with Crippen molar-refractivity contribution in [3.8, 4) is 10.6 Å². The van der Waals surface area contributed by atoms with E-state index in [1.807, 2.05) is 5.38 Å². The first-order valence-corrected chi connectivity index (χ1v) is 12.6. The van der Waals surface area contributed by atoms with Gasteiger partial charge in [-0.3, -0.25) is 9.69 Å². The predicted molar refractivity (Wildman–Crippen MR) is 124 cm³/mol. The largest absolute Gasteiger partial charge is 0.379 e. The normalized spacial score (nSPS) is 14.9. The van der Waals surface area contributed by atoms with E-state index in [9.17, 15) is 13.2 Å². The average molecular weight is 473 g/mol. The summed E-state index contributed by atoms with van der Waals surface area (Å²) < 4.78 is 28.0. The Morgan fingerprint density at radius 3 is 2.44 bits per heavy atom. The van der Waals surface area contributed by atoms with Crippen molar-refractivity contribution in [2.45, 2.75) is 17.9 Å². The fraction of sp³-hybridized carbons (Fsp3) is 0.273. The summed E-state index contributed by atoms with van der Waals surface area (Å²) in [5.41, 5.74) is 3.45. The fourth-order valence-corrected chi connectivity index (χ4v) is 4.73. The highest BCUT2D eigenvalue weighted by Crippen LogP contribution is 2.25. The molecule has 4 rings (SSSR count). The van der Waals surface area contributed by atoms with Crippen LogP contribution < -0.4 is 10.5 Å². The summed E-state index contributed by atoms with van der Waals surface area (Å²) in [6.45, 7) is 4.39. The molecule has 0 bridgehead atoms. The molecule has 0 unspecified atom stereocenters. The summed E-state index contributed by atoms with van der Waals surface area (Å²) in [6.07, 6.45) is 0.128. The van der Waals surface area contributed by atoms with Crippen molar-refractivity contribution in [2.75, 3.05) is 31.6 Å². The lowest BCUT2D eigenvalue weighted by atomic mass is 10.1. The number of anilines is 1. The van der Waals surface area contributed by atoms with Gasteiger partial charge >= 0.3 is 0 Å². The zero-order chi connectivity index (χ0) is 22.6. The predicted octanol–water partition coefficient (Wildman–Crippen LogP) is 2.47. The summed E-state index contributed by atoms with van der Waals surface area (Å²) in [4.78, 5) is 19.3. The number of thiazole rings is 1. The van der Waals surface area contributed by atoms with E-state index in [4.69, 9.17) is 9.88 Å². The van der Waals surface area contributed by atoms with Gasteiger partial charge in [0, 0.05) is 36.3 Å². The lowest BCUT2D eigenvalue weighted by Crippen LogP contribution is -2.35. The Morgan fingerprint density at radius 1 is 1.09 bits per heavy atom. The number of ether oxygens (including phenoxy) is 1. The van der Waals surface area contributed by atoms with Crippen LogP contribution in [0.4, 0.5) is 5.69 Å². The number of nitrogens with one attached hydrogen (secondary N) is 1. The maximum absolute atomic E-state index is 12.3. The molecular weight excluding hydrogens is 448 g/mol. The van der Waals surface area contributed by atoms with E-state index in [1.165, 1.54) is 41.2 Å². The number of hydrogen-bond donors (Lipinski definition) is 2. The molecule has 1 aliphatic rings. The minimum absolute atomic E-state index is 0.00407. The van der Waals surface area contributed by atoms with Gasteiger partial charge in [0.2, 0.25) is 15.9 Å². The van der Waals surface area contributed by atoms with Gasteiger partial charge in [-0.05, 0) is 29.8 Å². The van der Waals surface area contributed by atoms with Crippen molar-refractivity contribution in [1.82, 2.24) is 9.88 Å². The summed E-state index contributed by atoms with van der Waals surface area (Å²) in [6, 6.07) is 14.1. The maximum atomic E-state index is 12.3. The number of morpholine rings is 1. The number of aromatic nitrogens is 1. The SMILES string of the molecule is NS(=O)(=O)c1ccc(NC(=O)Cc2csc(-c3ccc(CN4CCOCC4)cc3)n2)cc1. The first-order valence-electron chi connectivity index (χ1n) is 10.1. The number of nitrogens with zero attached hydrogens (tertiary/aromatic N) is 2. The molecule has 2 heterocycles. The van der Waals surface area contributed by atoms with Gasteiger partial charge in [0.15, 0.2) is 0 Å². The van der Waals surface area contributed by atoms with E-state index in [2.05, 4.69) is 39.5 Å². The quantitative estimate of drug-likeness (QED) is 0.546. The molecule has 8 nitrogen and oxygen atoms in total. The van der Waals surface area contributed by atoms with Gasteiger partial charge in [0.1, 0.15) is 5.01 Å². The molecule has 168 valence electrons. The van der Waals surface area contributed by atoms with Gasteiger partial charge < -0.3 is 10.1 Å². The smallest absolute Gasteiger partial charge is 0.238 e. The summed E-state index contributed by atoms with van der Waals surface area (Å²) in [5, 5.41) is 10.6. The summed E-state index contributed by atoms with van der Waals surface area (Å²) in [7, 11) is -3.76. The number of primary sulfonamides is 1. The number of carbonyl (C=O) groups excluding carboxylic acids is 1. The molecule has 1 amide bonds. The zero-order valence-electron chi connectivity index (χ0n) is 17.4. The third kappa shape index (κ3) is 5.99. The highest BCUT2D eigenvalue weighted by atomic mass is 32.2. The van der Waals surface area contributed by atoms with Gasteiger partial charge in [-0.2, -0.15) is 0 Å². The van der Waals surface area contributed by atoms with Crippen molar-refractivity contribution in [3.05, 3.63) is 65.2 Å². The molecule has 0 atom stereocenters.